The standard InChI is InChI=1S/C18H15ClN4O2/c1-10(2)25-17(24)14-8-20-18(19)22-16(14)23-15-7-11-5-3-4-6-12(11)13(15)9-21-23/h3-6,8-10H,7H2,1-2H3. The van der Waals surface area contributed by atoms with Crippen LogP contribution in [-0.2, 0) is 11.2 Å². The van der Waals surface area contributed by atoms with Crippen LogP contribution in [0, 0.1) is 0 Å². The normalized spacial score (nSPS) is 12.2. The molecule has 0 saturated heterocycles. The lowest BCUT2D eigenvalue weighted by Crippen LogP contribution is -2.17. The van der Waals surface area contributed by atoms with E-state index in [4.69, 9.17) is 16.3 Å². The maximum absolute atomic E-state index is 12.4. The second kappa shape index (κ2) is 5.97. The van der Waals surface area contributed by atoms with Gasteiger partial charge in [-0.1, -0.05) is 24.3 Å². The first-order valence-electron chi connectivity index (χ1n) is 7.93. The molecule has 4 rings (SSSR count). The van der Waals surface area contributed by atoms with Gasteiger partial charge in [-0.25, -0.2) is 14.5 Å². The van der Waals surface area contributed by atoms with Crippen LogP contribution < -0.4 is 0 Å². The quantitative estimate of drug-likeness (QED) is 0.416. The number of carbonyl (C=O) groups is 1. The number of fused-ring (bicyclic) bond motifs is 3. The summed E-state index contributed by atoms with van der Waals surface area (Å²) in [5.41, 5.74) is 4.60. The Balaban J connectivity index is 1.83. The van der Waals surface area contributed by atoms with Crippen LogP contribution in [0.1, 0.15) is 35.5 Å². The Morgan fingerprint density at radius 1 is 1.24 bits per heavy atom. The summed E-state index contributed by atoms with van der Waals surface area (Å²) >= 11 is 5.97. The molecule has 0 saturated carbocycles. The molecule has 0 amide bonds. The first-order chi connectivity index (χ1) is 12.0. The maximum atomic E-state index is 12.4. The third-order valence-corrected chi connectivity index (χ3v) is 4.22. The van der Waals surface area contributed by atoms with Crippen molar-refractivity contribution in [2.75, 3.05) is 0 Å². The van der Waals surface area contributed by atoms with Gasteiger partial charge in [0.25, 0.3) is 0 Å². The number of benzene rings is 1. The van der Waals surface area contributed by atoms with Gasteiger partial charge in [-0.3, -0.25) is 0 Å². The fourth-order valence-corrected chi connectivity index (χ4v) is 3.13. The first-order valence-corrected chi connectivity index (χ1v) is 8.31. The van der Waals surface area contributed by atoms with Crippen molar-refractivity contribution in [3.8, 4) is 16.9 Å². The molecule has 6 nitrogen and oxygen atoms in total. The summed E-state index contributed by atoms with van der Waals surface area (Å²) in [6, 6.07) is 8.16. The largest absolute Gasteiger partial charge is 0.459 e. The van der Waals surface area contributed by atoms with Gasteiger partial charge in [-0.05, 0) is 36.6 Å². The summed E-state index contributed by atoms with van der Waals surface area (Å²) in [6.07, 6.45) is 3.63. The van der Waals surface area contributed by atoms with Crippen LogP contribution in [-0.4, -0.2) is 31.8 Å². The van der Waals surface area contributed by atoms with Gasteiger partial charge in [0.05, 0.1) is 18.0 Å². The van der Waals surface area contributed by atoms with Crippen LogP contribution in [0.25, 0.3) is 16.9 Å². The number of rotatable bonds is 3. The van der Waals surface area contributed by atoms with Crippen LogP contribution in [0.5, 0.6) is 0 Å². The van der Waals surface area contributed by atoms with Crippen molar-refractivity contribution in [2.24, 2.45) is 0 Å². The predicted octanol–water partition coefficient (Wildman–Crippen LogP) is 3.45. The summed E-state index contributed by atoms with van der Waals surface area (Å²) < 4.78 is 6.95. The lowest BCUT2D eigenvalue weighted by atomic mass is 10.1. The van der Waals surface area contributed by atoms with Gasteiger partial charge in [-0.15, -0.1) is 0 Å². The molecule has 0 aliphatic heterocycles. The van der Waals surface area contributed by atoms with E-state index in [1.54, 1.807) is 24.7 Å². The lowest BCUT2D eigenvalue weighted by Gasteiger charge is -2.12. The minimum Gasteiger partial charge on any atom is -0.459 e. The zero-order chi connectivity index (χ0) is 17.6. The predicted molar refractivity (Wildman–Crippen MR) is 93.0 cm³/mol. The molecule has 2 aromatic heterocycles. The molecule has 0 atom stereocenters. The van der Waals surface area contributed by atoms with Crippen LogP contribution in [0.3, 0.4) is 0 Å². The lowest BCUT2D eigenvalue weighted by molar-refractivity contribution is 0.0376. The summed E-state index contributed by atoms with van der Waals surface area (Å²) in [6.45, 7) is 3.58. The van der Waals surface area contributed by atoms with E-state index >= 15 is 0 Å². The van der Waals surface area contributed by atoms with Gasteiger partial charge >= 0.3 is 5.97 Å². The van der Waals surface area contributed by atoms with Crippen LogP contribution in [0.15, 0.2) is 36.7 Å². The van der Waals surface area contributed by atoms with E-state index in [9.17, 15) is 4.79 Å². The first kappa shape index (κ1) is 15.8. The molecule has 0 N–H and O–H groups in total. The highest BCUT2D eigenvalue weighted by molar-refractivity contribution is 6.28. The van der Waals surface area contributed by atoms with Gasteiger partial charge in [0.1, 0.15) is 5.56 Å². The summed E-state index contributed by atoms with van der Waals surface area (Å²) in [7, 11) is 0. The summed E-state index contributed by atoms with van der Waals surface area (Å²) in [4.78, 5) is 20.6. The van der Waals surface area contributed by atoms with E-state index in [-0.39, 0.29) is 17.0 Å². The molecule has 0 fully saturated rings. The molecule has 2 heterocycles. The molecular weight excluding hydrogens is 340 g/mol. The molecule has 7 heteroatoms. The number of halogens is 1. The molecule has 1 aliphatic rings. The zero-order valence-corrected chi connectivity index (χ0v) is 14.5. The molecule has 1 aromatic carbocycles. The Morgan fingerprint density at radius 2 is 2.04 bits per heavy atom. The SMILES string of the molecule is CC(C)OC(=O)c1cnc(Cl)nc1-n1ncc2c1Cc1ccccc1-2. The minimum absolute atomic E-state index is 0.0517. The van der Waals surface area contributed by atoms with Crippen molar-refractivity contribution < 1.29 is 9.53 Å². The van der Waals surface area contributed by atoms with Gasteiger partial charge < -0.3 is 4.74 Å². The van der Waals surface area contributed by atoms with Crippen molar-refractivity contribution in [3.63, 3.8) is 0 Å². The Labute approximate surface area is 149 Å². The third kappa shape index (κ3) is 2.68. The van der Waals surface area contributed by atoms with Crippen molar-refractivity contribution >= 4 is 17.6 Å². The number of hydrogen-bond donors (Lipinski definition) is 0. The van der Waals surface area contributed by atoms with E-state index in [2.05, 4.69) is 27.2 Å². The molecule has 0 unspecified atom stereocenters. The van der Waals surface area contributed by atoms with E-state index in [0.29, 0.717) is 12.2 Å². The smallest absolute Gasteiger partial charge is 0.343 e. The number of hydrogen-bond acceptors (Lipinski definition) is 5. The van der Waals surface area contributed by atoms with Gasteiger partial charge in [-0.2, -0.15) is 10.1 Å². The zero-order valence-electron chi connectivity index (χ0n) is 13.7. The Morgan fingerprint density at radius 3 is 2.84 bits per heavy atom. The second-order valence-corrected chi connectivity index (χ2v) is 6.42. The van der Waals surface area contributed by atoms with Gasteiger partial charge in [0.15, 0.2) is 5.82 Å². The Bertz CT molecular complexity index is 981. The molecule has 1 aliphatic carbocycles. The number of carbonyl (C=O) groups excluding carboxylic acids is 1. The Hall–Kier alpha value is -2.73. The van der Waals surface area contributed by atoms with E-state index in [0.717, 1.165) is 16.8 Å². The fourth-order valence-electron chi connectivity index (χ4n) is 3.00. The fraction of sp³-hybridized carbons (Fsp3) is 0.222. The monoisotopic (exact) mass is 354 g/mol. The molecular formula is C18H15ClN4O2. The summed E-state index contributed by atoms with van der Waals surface area (Å²) in [5, 5.41) is 4.48. The van der Waals surface area contributed by atoms with E-state index in [1.165, 1.54) is 11.8 Å². The molecule has 3 aromatic rings. The highest BCUT2D eigenvalue weighted by Crippen LogP contribution is 2.37. The number of nitrogens with zero attached hydrogens (tertiary/aromatic N) is 4. The number of ether oxygens (including phenoxy) is 1. The van der Waals surface area contributed by atoms with E-state index in [1.807, 2.05) is 12.1 Å². The number of aromatic nitrogens is 4. The van der Waals surface area contributed by atoms with E-state index < -0.39 is 5.97 Å². The average molecular weight is 355 g/mol. The molecule has 0 bridgehead atoms. The van der Waals surface area contributed by atoms with Crippen molar-refractivity contribution in [1.29, 1.82) is 0 Å². The topological polar surface area (TPSA) is 69.9 Å². The maximum Gasteiger partial charge on any atom is 0.343 e. The highest BCUT2D eigenvalue weighted by Gasteiger charge is 2.27. The van der Waals surface area contributed by atoms with Crippen molar-refractivity contribution in [3.05, 3.63) is 58.8 Å². The van der Waals surface area contributed by atoms with Gasteiger partial charge in [0, 0.05) is 18.2 Å². The number of esters is 1. The van der Waals surface area contributed by atoms with Crippen LogP contribution >= 0.6 is 11.6 Å². The minimum atomic E-state index is -0.499. The van der Waals surface area contributed by atoms with Crippen molar-refractivity contribution in [2.45, 2.75) is 26.4 Å². The van der Waals surface area contributed by atoms with Gasteiger partial charge in [0.2, 0.25) is 5.28 Å². The molecule has 0 spiro atoms. The molecule has 126 valence electrons. The molecule has 25 heavy (non-hydrogen) atoms. The summed E-state index contributed by atoms with van der Waals surface area (Å²) in [5.74, 6) is -0.166. The molecule has 0 radical (unpaired) electrons. The van der Waals surface area contributed by atoms with Crippen LogP contribution in [0.2, 0.25) is 5.28 Å². The second-order valence-electron chi connectivity index (χ2n) is 6.08. The van der Waals surface area contributed by atoms with Crippen molar-refractivity contribution in [1.82, 2.24) is 19.7 Å². The Kier molecular flexibility index (Phi) is 3.77. The third-order valence-electron chi connectivity index (χ3n) is 4.04. The van der Waals surface area contributed by atoms with Crippen LogP contribution in [0.4, 0.5) is 0 Å². The average Bonchev–Trinajstić information content (AvgIpc) is 3.12. The highest BCUT2D eigenvalue weighted by atomic mass is 35.5.